The van der Waals surface area contributed by atoms with Crippen molar-refractivity contribution >= 4 is 11.6 Å². The lowest BCUT2D eigenvalue weighted by atomic mass is 10.1. The highest BCUT2D eigenvalue weighted by Gasteiger charge is 2.30. The second-order valence-corrected chi connectivity index (χ2v) is 5.42. The minimum atomic E-state index is -4.39. The molecule has 0 bridgehead atoms. The third kappa shape index (κ3) is 3.87. The second kappa shape index (κ2) is 6.42. The largest absolute Gasteiger partial charge is 0.416 e. The van der Waals surface area contributed by atoms with E-state index in [0.29, 0.717) is 16.9 Å². The van der Waals surface area contributed by atoms with Gasteiger partial charge in [-0.25, -0.2) is 0 Å². The third-order valence-electron chi connectivity index (χ3n) is 3.54. The molecule has 0 radical (unpaired) electrons. The first kappa shape index (κ1) is 16.7. The molecular formula is C16H14F3N5O. The van der Waals surface area contributed by atoms with E-state index in [0.717, 1.165) is 12.1 Å². The van der Waals surface area contributed by atoms with Crippen molar-refractivity contribution < 1.29 is 18.0 Å². The minimum absolute atomic E-state index is 0.158. The minimum Gasteiger partial charge on any atom is -0.318 e. The summed E-state index contributed by atoms with van der Waals surface area (Å²) >= 11 is 0. The number of halogens is 3. The first-order valence-corrected chi connectivity index (χ1v) is 7.31. The monoisotopic (exact) mass is 349 g/mol. The van der Waals surface area contributed by atoms with Crippen LogP contribution < -0.4 is 5.32 Å². The maximum absolute atomic E-state index is 12.7. The molecule has 2 heterocycles. The fourth-order valence-electron chi connectivity index (χ4n) is 2.34. The Kier molecular flexibility index (Phi) is 4.30. The van der Waals surface area contributed by atoms with Crippen LogP contribution in [0.5, 0.6) is 0 Å². The Bertz CT molecular complexity index is 897. The van der Waals surface area contributed by atoms with Crippen LogP contribution in [0.25, 0.3) is 0 Å². The molecule has 0 spiro atoms. The van der Waals surface area contributed by atoms with E-state index in [2.05, 4.69) is 15.5 Å². The van der Waals surface area contributed by atoms with Gasteiger partial charge in [-0.05, 0) is 23.8 Å². The number of anilines is 1. The van der Waals surface area contributed by atoms with E-state index in [-0.39, 0.29) is 12.5 Å². The highest BCUT2D eigenvalue weighted by molar-refractivity contribution is 6.02. The number of aromatic nitrogens is 4. The Morgan fingerprint density at radius 2 is 2.04 bits per heavy atom. The molecule has 0 aliphatic heterocycles. The van der Waals surface area contributed by atoms with Crippen LogP contribution in [0.2, 0.25) is 0 Å². The predicted molar refractivity (Wildman–Crippen MR) is 83.9 cm³/mol. The normalized spacial score (nSPS) is 11.5. The van der Waals surface area contributed by atoms with E-state index in [1.54, 1.807) is 25.4 Å². The number of hydrogen-bond acceptors (Lipinski definition) is 3. The molecule has 9 heteroatoms. The number of benzene rings is 1. The van der Waals surface area contributed by atoms with Gasteiger partial charge < -0.3 is 5.32 Å². The third-order valence-corrected chi connectivity index (χ3v) is 3.54. The molecule has 130 valence electrons. The van der Waals surface area contributed by atoms with Gasteiger partial charge in [0, 0.05) is 19.4 Å². The van der Waals surface area contributed by atoms with Gasteiger partial charge in [0.1, 0.15) is 5.69 Å². The van der Waals surface area contributed by atoms with Gasteiger partial charge in [0.15, 0.2) is 0 Å². The molecule has 2 aromatic heterocycles. The summed E-state index contributed by atoms with van der Waals surface area (Å²) in [6.07, 6.45) is 0.102. The fraction of sp³-hybridized carbons (Fsp3) is 0.188. The van der Waals surface area contributed by atoms with Crippen LogP contribution >= 0.6 is 0 Å². The number of nitrogens with one attached hydrogen (secondary N) is 1. The summed E-state index contributed by atoms with van der Waals surface area (Å²) in [4.78, 5) is 12.1. The number of carbonyl (C=O) groups excluding carboxylic acids is 1. The molecule has 0 unspecified atom stereocenters. The van der Waals surface area contributed by atoms with Crippen molar-refractivity contribution in [2.75, 3.05) is 5.32 Å². The van der Waals surface area contributed by atoms with Crippen molar-refractivity contribution in [3.63, 3.8) is 0 Å². The smallest absolute Gasteiger partial charge is 0.318 e. The lowest BCUT2D eigenvalue weighted by Gasteiger charge is -2.08. The number of alkyl halides is 3. The zero-order chi connectivity index (χ0) is 18.0. The molecular weight excluding hydrogens is 335 g/mol. The Morgan fingerprint density at radius 1 is 1.24 bits per heavy atom. The first-order chi connectivity index (χ1) is 11.8. The first-order valence-electron chi connectivity index (χ1n) is 7.31. The number of hydrogen-bond donors (Lipinski definition) is 1. The molecule has 3 aromatic rings. The van der Waals surface area contributed by atoms with Gasteiger partial charge in [0.25, 0.3) is 5.91 Å². The van der Waals surface area contributed by atoms with Crippen molar-refractivity contribution in [3.05, 3.63) is 65.7 Å². The molecule has 1 amide bonds. The van der Waals surface area contributed by atoms with Gasteiger partial charge in [-0.2, -0.15) is 23.4 Å². The molecule has 0 aliphatic rings. The molecule has 0 atom stereocenters. The number of aryl methyl sites for hydroxylation is 1. The molecule has 1 aromatic carbocycles. The Labute approximate surface area is 140 Å². The second-order valence-electron chi connectivity index (χ2n) is 5.42. The Balaban J connectivity index is 1.70. The van der Waals surface area contributed by atoms with Crippen LogP contribution in [-0.4, -0.2) is 25.5 Å². The zero-order valence-corrected chi connectivity index (χ0v) is 13.2. The molecule has 25 heavy (non-hydrogen) atoms. The van der Waals surface area contributed by atoms with Crippen LogP contribution in [0.4, 0.5) is 18.9 Å². The van der Waals surface area contributed by atoms with Gasteiger partial charge in [-0.1, -0.05) is 12.1 Å². The van der Waals surface area contributed by atoms with E-state index in [4.69, 9.17) is 0 Å². The molecule has 3 rings (SSSR count). The van der Waals surface area contributed by atoms with Crippen molar-refractivity contribution in [3.8, 4) is 0 Å². The predicted octanol–water partition coefficient (Wildman–Crippen LogP) is 2.94. The maximum atomic E-state index is 12.7. The average Bonchev–Trinajstić information content (AvgIpc) is 3.16. The van der Waals surface area contributed by atoms with Gasteiger partial charge in [0.2, 0.25) is 0 Å². The van der Waals surface area contributed by atoms with Crippen LogP contribution in [0.1, 0.15) is 21.6 Å². The Morgan fingerprint density at radius 3 is 2.72 bits per heavy atom. The average molecular weight is 349 g/mol. The zero-order valence-electron chi connectivity index (χ0n) is 13.2. The number of amides is 1. The van der Waals surface area contributed by atoms with Gasteiger partial charge in [-0.15, -0.1) is 0 Å². The quantitative estimate of drug-likeness (QED) is 0.788. The van der Waals surface area contributed by atoms with Crippen LogP contribution in [-0.2, 0) is 19.8 Å². The summed E-state index contributed by atoms with van der Waals surface area (Å²) in [5.41, 5.74) is 0.577. The number of rotatable bonds is 4. The summed E-state index contributed by atoms with van der Waals surface area (Å²) in [6.45, 7) is 0.158. The lowest BCUT2D eigenvalue weighted by molar-refractivity contribution is -0.137. The van der Waals surface area contributed by atoms with Crippen LogP contribution in [0, 0.1) is 0 Å². The lowest BCUT2D eigenvalue weighted by Crippen LogP contribution is -2.15. The topological polar surface area (TPSA) is 64.7 Å². The fourth-order valence-corrected chi connectivity index (χ4v) is 2.34. The summed E-state index contributed by atoms with van der Waals surface area (Å²) in [5, 5.41) is 10.6. The van der Waals surface area contributed by atoms with E-state index < -0.39 is 11.7 Å². The molecule has 6 nitrogen and oxygen atoms in total. The van der Waals surface area contributed by atoms with Crippen LogP contribution in [0.3, 0.4) is 0 Å². The number of nitrogens with zero attached hydrogens (tertiary/aromatic N) is 4. The molecule has 0 aliphatic carbocycles. The van der Waals surface area contributed by atoms with Crippen molar-refractivity contribution in [1.82, 2.24) is 19.6 Å². The highest BCUT2D eigenvalue weighted by Crippen LogP contribution is 2.29. The van der Waals surface area contributed by atoms with E-state index in [1.807, 2.05) is 0 Å². The molecule has 1 N–H and O–H groups in total. The van der Waals surface area contributed by atoms with E-state index >= 15 is 0 Å². The van der Waals surface area contributed by atoms with Gasteiger partial charge in [-0.3, -0.25) is 14.2 Å². The molecule has 0 fully saturated rings. The van der Waals surface area contributed by atoms with E-state index in [1.165, 1.54) is 27.8 Å². The van der Waals surface area contributed by atoms with Gasteiger partial charge in [0.05, 0.1) is 24.0 Å². The summed E-state index contributed by atoms with van der Waals surface area (Å²) in [7, 11) is 1.64. The maximum Gasteiger partial charge on any atom is 0.416 e. The van der Waals surface area contributed by atoms with Crippen molar-refractivity contribution in [1.29, 1.82) is 0 Å². The summed E-state index contributed by atoms with van der Waals surface area (Å²) in [6, 6.07) is 6.61. The highest BCUT2D eigenvalue weighted by atomic mass is 19.4. The van der Waals surface area contributed by atoms with Crippen LogP contribution in [0.15, 0.2) is 48.9 Å². The van der Waals surface area contributed by atoms with Crippen molar-refractivity contribution in [2.45, 2.75) is 12.7 Å². The summed E-state index contributed by atoms with van der Waals surface area (Å²) in [5.74, 6) is -0.349. The van der Waals surface area contributed by atoms with Gasteiger partial charge >= 0.3 is 6.18 Å². The number of carbonyl (C=O) groups is 1. The van der Waals surface area contributed by atoms with Crippen molar-refractivity contribution in [2.24, 2.45) is 7.05 Å². The SMILES string of the molecule is Cn1nccc1C(=O)Nc1cnn(Cc2cccc(C(F)(F)F)c2)c1. The Hall–Kier alpha value is -3.10. The molecule has 0 saturated heterocycles. The standard InChI is InChI=1S/C16H14F3N5O/c1-23-14(5-6-20-23)15(25)22-13-8-21-24(10-13)9-11-3-2-4-12(7-11)16(17,18)19/h2-8,10H,9H2,1H3,(H,22,25). The van der Waals surface area contributed by atoms with E-state index in [9.17, 15) is 18.0 Å². The molecule has 0 saturated carbocycles. The summed E-state index contributed by atoms with van der Waals surface area (Å²) < 4.78 is 41.1.